The average molecular weight is 141 g/mol. The van der Waals surface area contributed by atoms with E-state index in [1.54, 1.807) is 0 Å². The first kappa shape index (κ1) is 9.45. The molecule has 0 aromatic rings. The number of aliphatic hydroxyl groups is 1. The molecule has 2 nitrogen and oxygen atoms in total. The second-order valence-electron chi connectivity index (χ2n) is 3.61. The first-order chi connectivity index (χ1) is 4.52. The molecular formula is C8H15NO. The standard InChI is InChI=1S/C8H15NO/c1-8(2,3)7(6-10)4-5-9/h7,10H,4,6H2,1-3H3/t7-/m1/s1. The molecule has 1 atom stereocenters. The van der Waals surface area contributed by atoms with Crippen LogP contribution in [0.25, 0.3) is 0 Å². The molecular weight excluding hydrogens is 126 g/mol. The Morgan fingerprint density at radius 1 is 1.50 bits per heavy atom. The van der Waals surface area contributed by atoms with Gasteiger partial charge >= 0.3 is 0 Å². The van der Waals surface area contributed by atoms with Crippen LogP contribution in [0.1, 0.15) is 27.2 Å². The third kappa shape index (κ3) is 2.84. The zero-order valence-corrected chi connectivity index (χ0v) is 6.89. The molecule has 0 rings (SSSR count). The fraction of sp³-hybridized carbons (Fsp3) is 0.875. The smallest absolute Gasteiger partial charge is 0.0625 e. The summed E-state index contributed by atoms with van der Waals surface area (Å²) in [5.41, 5.74) is 0.0461. The summed E-state index contributed by atoms with van der Waals surface area (Å²) in [4.78, 5) is 0. The van der Waals surface area contributed by atoms with E-state index in [0.29, 0.717) is 6.42 Å². The molecule has 10 heavy (non-hydrogen) atoms. The van der Waals surface area contributed by atoms with Crippen LogP contribution in [0, 0.1) is 22.7 Å². The van der Waals surface area contributed by atoms with Crippen molar-refractivity contribution in [2.45, 2.75) is 27.2 Å². The number of hydrogen-bond acceptors (Lipinski definition) is 2. The Morgan fingerprint density at radius 3 is 2.10 bits per heavy atom. The van der Waals surface area contributed by atoms with E-state index in [1.807, 2.05) is 20.8 Å². The first-order valence-corrected chi connectivity index (χ1v) is 3.50. The molecule has 0 unspecified atom stereocenters. The van der Waals surface area contributed by atoms with Gasteiger partial charge in [0, 0.05) is 13.0 Å². The predicted molar refractivity (Wildman–Crippen MR) is 40.3 cm³/mol. The summed E-state index contributed by atoms with van der Waals surface area (Å²) < 4.78 is 0. The molecule has 0 aromatic carbocycles. The van der Waals surface area contributed by atoms with Crippen LogP contribution in [0.2, 0.25) is 0 Å². The molecule has 2 heteroatoms. The van der Waals surface area contributed by atoms with Gasteiger partial charge in [-0.3, -0.25) is 0 Å². The third-order valence-corrected chi connectivity index (χ3v) is 1.78. The second kappa shape index (κ2) is 3.58. The number of hydrogen-bond donors (Lipinski definition) is 1. The van der Waals surface area contributed by atoms with Gasteiger partial charge in [-0.1, -0.05) is 20.8 Å². The molecule has 0 aromatic heterocycles. The van der Waals surface area contributed by atoms with Gasteiger partial charge in [0.25, 0.3) is 0 Å². The van der Waals surface area contributed by atoms with Crippen molar-refractivity contribution in [3.8, 4) is 6.07 Å². The lowest BCUT2D eigenvalue weighted by Crippen LogP contribution is -2.23. The van der Waals surface area contributed by atoms with Crippen LogP contribution in [0.15, 0.2) is 0 Å². The van der Waals surface area contributed by atoms with Crippen molar-refractivity contribution >= 4 is 0 Å². The Balaban J connectivity index is 3.97. The minimum atomic E-state index is 0.0461. The van der Waals surface area contributed by atoms with Gasteiger partial charge in [-0.2, -0.15) is 5.26 Å². The summed E-state index contributed by atoms with van der Waals surface area (Å²) in [5, 5.41) is 17.2. The van der Waals surface area contributed by atoms with E-state index < -0.39 is 0 Å². The van der Waals surface area contributed by atoms with E-state index in [1.165, 1.54) is 0 Å². The zero-order valence-electron chi connectivity index (χ0n) is 6.89. The summed E-state index contributed by atoms with van der Waals surface area (Å²) in [6.07, 6.45) is 0.444. The monoisotopic (exact) mass is 141 g/mol. The van der Waals surface area contributed by atoms with Crippen molar-refractivity contribution in [2.24, 2.45) is 11.3 Å². The van der Waals surface area contributed by atoms with Crippen molar-refractivity contribution in [2.75, 3.05) is 6.61 Å². The summed E-state index contributed by atoms with van der Waals surface area (Å²) >= 11 is 0. The van der Waals surface area contributed by atoms with Crippen LogP contribution in [0.3, 0.4) is 0 Å². The highest BCUT2D eigenvalue weighted by Crippen LogP contribution is 2.27. The highest BCUT2D eigenvalue weighted by molar-refractivity contribution is 4.82. The normalized spacial score (nSPS) is 14.3. The van der Waals surface area contributed by atoms with Crippen LogP contribution < -0.4 is 0 Å². The van der Waals surface area contributed by atoms with Crippen LogP contribution in [0.5, 0.6) is 0 Å². The molecule has 0 spiro atoms. The van der Waals surface area contributed by atoms with Gasteiger partial charge in [0.05, 0.1) is 6.07 Å². The van der Waals surface area contributed by atoms with Gasteiger partial charge in [0.15, 0.2) is 0 Å². The Bertz CT molecular complexity index is 129. The van der Waals surface area contributed by atoms with E-state index in [0.717, 1.165) is 0 Å². The third-order valence-electron chi connectivity index (χ3n) is 1.78. The van der Waals surface area contributed by atoms with Crippen molar-refractivity contribution < 1.29 is 5.11 Å². The molecule has 0 aliphatic heterocycles. The van der Waals surface area contributed by atoms with Crippen LogP contribution >= 0.6 is 0 Å². The summed E-state index contributed by atoms with van der Waals surface area (Å²) in [6, 6.07) is 2.07. The molecule has 0 radical (unpaired) electrons. The predicted octanol–water partition coefficient (Wildman–Crippen LogP) is 1.55. The molecule has 0 saturated carbocycles. The van der Waals surface area contributed by atoms with Crippen LogP contribution in [0.4, 0.5) is 0 Å². The Morgan fingerprint density at radius 2 is 2.00 bits per heavy atom. The molecule has 0 fully saturated rings. The maximum Gasteiger partial charge on any atom is 0.0625 e. The lowest BCUT2D eigenvalue weighted by atomic mass is 9.80. The first-order valence-electron chi connectivity index (χ1n) is 3.50. The lowest BCUT2D eigenvalue weighted by Gasteiger charge is -2.26. The molecule has 0 aliphatic rings. The van der Waals surface area contributed by atoms with E-state index in [-0.39, 0.29) is 17.9 Å². The quantitative estimate of drug-likeness (QED) is 0.634. The fourth-order valence-corrected chi connectivity index (χ4v) is 0.755. The largest absolute Gasteiger partial charge is 0.396 e. The van der Waals surface area contributed by atoms with E-state index in [9.17, 15) is 0 Å². The summed E-state index contributed by atoms with van der Waals surface area (Å²) in [6.45, 7) is 6.21. The molecule has 58 valence electrons. The van der Waals surface area contributed by atoms with E-state index >= 15 is 0 Å². The number of rotatable bonds is 2. The van der Waals surface area contributed by atoms with Crippen molar-refractivity contribution in [1.29, 1.82) is 5.26 Å². The van der Waals surface area contributed by atoms with Crippen LogP contribution in [-0.2, 0) is 0 Å². The molecule has 1 N–H and O–H groups in total. The molecule has 0 aliphatic carbocycles. The van der Waals surface area contributed by atoms with Gasteiger partial charge in [-0.25, -0.2) is 0 Å². The van der Waals surface area contributed by atoms with Crippen molar-refractivity contribution in [3.63, 3.8) is 0 Å². The minimum Gasteiger partial charge on any atom is -0.396 e. The molecule has 0 bridgehead atoms. The van der Waals surface area contributed by atoms with Gasteiger partial charge in [0.1, 0.15) is 0 Å². The minimum absolute atomic E-state index is 0.0461. The van der Waals surface area contributed by atoms with Crippen molar-refractivity contribution in [3.05, 3.63) is 0 Å². The second-order valence-corrected chi connectivity index (χ2v) is 3.61. The SMILES string of the molecule is CC(C)(C)[C@@H](CO)CC#N. The summed E-state index contributed by atoms with van der Waals surface area (Å²) in [5.74, 6) is 0.109. The lowest BCUT2D eigenvalue weighted by molar-refractivity contribution is 0.134. The van der Waals surface area contributed by atoms with E-state index in [4.69, 9.17) is 10.4 Å². The van der Waals surface area contributed by atoms with Crippen LogP contribution in [-0.4, -0.2) is 11.7 Å². The van der Waals surface area contributed by atoms with Crippen molar-refractivity contribution in [1.82, 2.24) is 0 Å². The maximum atomic E-state index is 8.84. The number of nitrogens with zero attached hydrogens (tertiary/aromatic N) is 1. The Labute approximate surface area is 62.5 Å². The molecule has 0 saturated heterocycles. The molecule has 0 amide bonds. The molecule has 0 heterocycles. The number of aliphatic hydroxyl groups excluding tert-OH is 1. The number of nitriles is 1. The fourth-order valence-electron chi connectivity index (χ4n) is 0.755. The maximum absolute atomic E-state index is 8.84. The average Bonchev–Trinajstić information content (AvgIpc) is 1.80. The Hall–Kier alpha value is -0.550. The van der Waals surface area contributed by atoms with Gasteiger partial charge in [-0.15, -0.1) is 0 Å². The Kier molecular flexibility index (Phi) is 3.38. The van der Waals surface area contributed by atoms with Gasteiger partial charge in [-0.05, 0) is 11.3 Å². The highest BCUT2D eigenvalue weighted by atomic mass is 16.3. The van der Waals surface area contributed by atoms with Gasteiger partial charge in [0.2, 0.25) is 0 Å². The zero-order chi connectivity index (χ0) is 8.20. The van der Waals surface area contributed by atoms with E-state index in [2.05, 4.69) is 6.07 Å². The summed E-state index contributed by atoms with van der Waals surface area (Å²) in [7, 11) is 0. The highest BCUT2D eigenvalue weighted by Gasteiger charge is 2.22. The van der Waals surface area contributed by atoms with Gasteiger partial charge < -0.3 is 5.11 Å². The topological polar surface area (TPSA) is 44.0 Å².